The van der Waals surface area contributed by atoms with E-state index in [0.717, 1.165) is 50.2 Å². The minimum atomic E-state index is 0.539. The van der Waals surface area contributed by atoms with Gasteiger partial charge in [-0.15, -0.1) is 0 Å². The molecule has 34 heavy (non-hydrogen) atoms. The van der Waals surface area contributed by atoms with Crippen LogP contribution in [0.1, 0.15) is 29.6 Å². The average molecular weight is 458 g/mol. The first-order valence-corrected chi connectivity index (χ1v) is 11.4. The maximum atomic E-state index is 6.12. The number of hydrogen-bond donors (Lipinski definition) is 0. The van der Waals surface area contributed by atoms with Gasteiger partial charge in [0.2, 0.25) is 0 Å². The Hall–Kier alpha value is -3.73. The summed E-state index contributed by atoms with van der Waals surface area (Å²) in [6.07, 6.45) is 0. The van der Waals surface area contributed by atoms with Gasteiger partial charge in [0.05, 0.1) is 42.6 Å². The highest BCUT2D eigenvalue weighted by Crippen LogP contribution is 2.36. The molecule has 4 aromatic rings. The number of benzene rings is 2. The Morgan fingerprint density at radius 1 is 0.706 bits per heavy atom. The lowest BCUT2D eigenvalue weighted by Crippen LogP contribution is -2.00. The van der Waals surface area contributed by atoms with Crippen molar-refractivity contribution in [2.24, 2.45) is 4.99 Å². The van der Waals surface area contributed by atoms with Crippen molar-refractivity contribution < 1.29 is 18.6 Å². The van der Waals surface area contributed by atoms with E-state index in [0.29, 0.717) is 18.1 Å². The molecule has 0 amide bonds. The number of rotatable bonds is 6. The first kappa shape index (κ1) is 23.4. The topological polar surface area (TPSA) is 53.2 Å². The maximum Gasteiger partial charge on any atom is 0.161 e. The molecule has 0 aliphatic heterocycles. The molecule has 176 valence electrons. The van der Waals surface area contributed by atoms with Crippen molar-refractivity contribution in [3.63, 3.8) is 0 Å². The fraction of sp³-hybridized carbons (Fsp3) is 0.276. The Morgan fingerprint density at radius 3 is 2.00 bits per heavy atom. The zero-order valence-electron chi connectivity index (χ0n) is 20.9. The largest absolute Gasteiger partial charge is 0.493 e. The molecule has 0 saturated carbocycles. The van der Waals surface area contributed by atoms with E-state index in [1.165, 1.54) is 11.1 Å². The van der Waals surface area contributed by atoms with Crippen LogP contribution in [0, 0.1) is 27.7 Å². The van der Waals surface area contributed by atoms with E-state index in [4.69, 9.17) is 23.6 Å². The van der Waals surface area contributed by atoms with Crippen LogP contribution in [-0.2, 0) is 0 Å². The quantitative estimate of drug-likeness (QED) is 0.313. The summed E-state index contributed by atoms with van der Waals surface area (Å²) in [5.41, 5.74) is 5.18. The second kappa shape index (κ2) is 9.64. The number of fused-ring (bicyclic) bond motifs is 1. The van der Waals surface area contributed by atoms with Crippen LogP contribution >= 0.6 is 0 Å². The van der Waals surface area contributed by atoms with Gasteiger partial charge in [0.15, 0.2) is 11.5 Å². The molecule has 1 aromatic heterocycles. The summed E-state index contributed by atoms with van der Waals surface area (Å²) in [7, 11) is 3.28. The highest BCUT2D eigenvalue weighted by atomic mass is 16.5. The molecular formula is C29H31NO4. The second-order valence-electron chi connectivity index (χ2n) is 8.42. The molecular weight excluding hydrogens is 426 g/mol. The fourth-order valence-corrected chi connectivity index (χ4v) is 4.46. The minimum absolute atomic E-state index is 0.539. The molecule has 5 nitrogen and oxygen atoms in total. The van der Waals surface area contributed by atoms with Gasteiger partial charge < -0.3 is 18.6 Å². The van der Waals surface area contributed by atoms with Crippen LogP contribution in [0.3, 0.4) is 0 Å². The summed E-state index contributed by atoms with van der Waals surface area (Å²) < 4.78 is 23.2. The summed E-state index contributed by atoms with van der Waals surface area (Å²) in [5.74, 6) is 3.73. The standard InChI is InChI=1S/C29H31NO4/c1-8-33-27-16-22(21-9-10-25(31-6)26(15-21)32-7)14-24(28-19(4)34-20(5)29(27)28)30-23-12-17(2)11-18(3)13-23/h9-16H,8H2,1-7H3. The molecule has 0 radical (unpaired) electrons. The monoisotopic (exact) mass is 457 g/mol. The maximum absolute atomic E-state index is 6.12. The lowest BCUT2D eigenvalue weighted by atomic mass is 10.1. The first-order valence-electron chi connectivity index (χ1n) is 11.4. The Morgan fingerprint density at radius 2 is 1.35 bits per heavy atom. The van der Waals surface area contributed by atoms with Gasteiger partial charge in [-0.2, -0.15) is 0 Å². The Kier molecular flexibility index (Phi) is 6.64. The Labute approximate surface area is 200 Å². The predicted octanol–water partition coefficient (Wildman–Crippen LogP) is 6.98. The lowest BCUT2D eigenvalue weighted by Gasteiger charge is -2.09. The summed E-state index contributed by atoms with van der Waals surface area (Å²) in [6, 6.07) is 16.4. The van der Waals surface area contributed by atoms with Crippen LogP contribution in [0.2, 0.25) is 0 Å². The molecule has 0 bridgehead atoms. The van der Waals surface area contributed by atoms with Crippen LogP contribution in [-0.4, -0.2) is 20.8 Å². The molecule has 0 spiro atoms. The molecule has 3 aromatic carbocycles. The lowest BCUT2D eigenvalue weighted by molar-refractivity contribution is 0.344. The van der Waals surface area contributed by atoms with Crippen molar-refractivity contribution >= 4 is 16.5 Å². The molecule has 1 heterocycles. The normalized spacial score (nSPS) is 11.7. The van der Waals surface area contributed by atoms with Gasteiger partial charge in [0.1, 0.15) is 17.3 Å². The van der Waals surface area contributed by atoms with Crippen molar-refractivity contribution in [3.8, 4) is 28.4 Å². The third-order valence-electron chi connectivity index (χ3n) is 5.81. The Balaban J connectivity index is 2.12. The van der Waals surface area contributed by atoms with E-state index >= 15 is 0 Å². The first-order chi connectivity index (χ1) is 16.3. The van der Waals surface area contributed by atoms with Crippen LogP contribution in [0.4, 0.5) is 5.69 Å². The van der Waals surface area contributed by atoms with Crippen molar-refractivity contribution in [2.75, 3.05) is 20.8 Å². The van der Waals surface area contributed by atoms with E-state index in [1.807, 2.05) is 39.0 Å². The number of aryl methyl sites for hydroxylation is 4. The van der Waals surface area contributed by atoms with E-state index in [1.54, 1.807) is 14.2 Å². The van der Waals surface area contributed by atoms with Crippen molar-refractivity contribution in [1.29, 1.82) is 0 Å². The number of ether oxygens (including phenoxy) is 3. The second-order valence-corrected chi connectivity index (χ2v) is 8.42. The highest BCUT2D eigenvalue weighted by molar-refractivity contribution is 5.93. The number of methoxy groups -OCH3 is 2. The fourth-order valence-electron chi connectivity index (χ4n) is 4.46. The third-order valence-corrected chi connectivity index (χ3v) is 5.81. The van der Waals surface area contributed by atoms with Gasteiger partial charge in [-0.05, 0) is 93.3 Å². The van der Waals surface area contributed by atoms with E-state index in [9.17, 15) is 0 Å². The van der Waals surface area contributed by atoms with Gasteiger partial charge in [0.25, 0.3) is 0 Å². The SMILES string of the molecule is CCOc1cc(-c2ccc(OC)c(OC)c2)cc(=Nc2cc(C)cc(C)c2)c2c(C)oc(C)c12. The van der Waals surface area contributed by atoms with Gasteiger partial charge in [-0.25, -0.2) is 4.99 Å². The summed E-state index contributed by atoms with van der Waals surface area (Å²) in [4.78, 5) is 5.10. The molecule has 4 rings (SSSR count). The molecule has 0 aliphatic carbocycles. The van der Waals surface area contributed by atoms with Crippen molar-refractivity contribution in [2.45, 2.75) is 34.6 Å². The smallest absolute Gasteiger partial charge is 0.161 e. The zero-order chi connectivity index (χ0) is 24.4. The Bertz CT molecular complexity index is 1410. The van der Waals surface area contributed by atoms with Crippen LogP contribution < -0.4 is 19.6 Å². The number of nitrogens with zero attached hydrogens (tertiary/aromatic N) is 1. The summed E-state index contributed by atoms with van der Waals surface area (Å²) in [5, 5.41) is 2.71. The zero-order valence-corrected chi connectivity index (χ0v) is 20.9. The molecule has 0 saturated heterocycles. The molecule has 5 heteroatoms. The van der Waals surface area contributed by atoms with Crippen LogP contribution in [0.15, 0.2) is 57.9 Å². The van der Waals surface area contributed by atoms with Crippen LogP contribution in [0.25, 0.3) is 21.9 Å². The predicted molar refractivity (Wildman–Crippen MR) is 137 cm³/mol. The summed E-state index contributed by atoms with van der Waals surface area (Å²) in [6.45, 7) is 10.6. The number of furan rings is 1. The molecule has 0 fully saturated rings. The highest BCUT2D eigenvalue weighted by Gasteiger charge is 2.16. The average Bonchev–Trinajstić information content (AvgIpc) is 2.99. The van der Waals surface area contributed by atoms with E-state index in [-0.39, 0.29) is 0 Å². The van der Waals surface area contributed by atoms with Crippen LogP contribution in [0.5, 0.6) is 17.2 Å². The van der Waals surface area contributed by atoms with Crippen molar-refractivity contribution in [1.82, 2.24) is 0 Å². The minimum Gasteiger partial charge on any atom is -0.493 e. The van der Waals surface area contributed by atoms with Gasteiger partial charge in [-0.3, -0.25) is 0 Å². The van der Waals surface area contributed by atoms with E-state index < -0.39 is 0 Å². The number of hydrogen-bond acceptors (Lipinski definition) is 5. The molecule has 0 unspecified atom stereocenters. The van der Waals surface area contributed by atoms with Crippen molar-refractivity contribution in [3.05, 3.63) is 76.5 Å². The van der Waals surface area contributed by atoms with E-state index in [2.05, 4.69) is 44.2 Å². The third kappa shape index (κ3) is 4.51. The molecule has 0 N–H and O–H groups in total. The van der Waals surface area contributed by atoms with Gasteiger partial charge in [0, 0.05) is 0 Å². The van der Waals surface area contributed by atoms with Gasteiger partial charge >= 0.3 is 0 Å². The molecule has 0 atom stereocenters. The molecule has 0 aliphatic rings. The van der Waals surface area contributed by atoms with Gasteiger partial charge in [-0.1, -0.05) is 12.1 Å². The summed E-state index contributed by atoms with van der Waals surface area (Å²) >= 11 is 0.